The number of imidazole rings is 1. The highest BCUT2D eigenvalue weighted by molar-refractivity contribution is 5.31. The Labute approximate surface area is 100 Å². The lowest BCUT2D eigenvalue weighted by Gasteiger charge is -2.13. The minimum absolute atomic E-state index is 0.213. The molecule has 2 aromatic rings. The molecule has 0 aromatic carbocycles. The Bertz CT molecular complexity index is 510. The zero-order valence-corrected chi connectivity index (χ0v) is 9.72. The fourth-order valence-corrected chi connectivity index (χ4v) is 1.94. The third kappa shape index (κ3) is 2.51. The Morgan fingerprint density at radius 2 is 2.29 bits per heavy atom. The summed E-state index contributed by atoms with van der Waals surface area (Å²) in [5, 5.41) is 8.87. The van der Waals surface area contributed by atoms with Gasteiger partial charge >= 0.3 is 0 Å². The Balaban J connectivity index is 2.36. The molecule has 2 aromatic heterocycles. The van der Waals surface area contributed by atoms with E-state index in [1.54, 1.807) is 12.4 Å². The van der Waals surface area contributed by atoms with E-state index in [4.69, 9.17) is 5.26 Å². The zero-order chi connectivity index (χ0) is 12.1. The van der Waals surface area contributed by atoms with Crippen LogP contribution in [0.1, 0.15) is 42.8 Å². The average molecular weight is 226 g/mol. The van der Waals surface area contributed by atoms with Crippen molar-refractivity contribution in [2.24, 2.45) is 0 Å². The van der Waals surface area contributed by atoms with Gasteiger partial charge in [0.15, 0.2) is 0 Å². The Morgan fingerprint density at radius 3 is 2.94 bits per heavy atom. The Kier molecular flexibility index (Phi) is 3.51. The number of H-pyrrole nitrogens is 1. The summed E-state index contributed by atoms with van der Waals surface area (Å²) in [4.78, 5) is 11.4. The van der Waals surface area contributed by atoms with Crippen LogP contribution in [0.15, 0.2) is 30.7 Å². The summed E-state index contributed by atoms with van der Waals surface area (Å²) in [6, 6.07) is 5.85. The lowest BCUT2D eigenvalue weighted by Crippen LogP contribution is -2.04. The Hall–Kier alpha value is -2.15. The number of hydrogen-bond donors (Lipinski definition) is 1. The van der Waals surface area contributed by atoms with Gasteiger partial charge in [-0.15, -0.1) is 0 Å². The summed E-state index contributed by atoms with van der Waals surface area (Å²) >= 11 is 0. The van der Waals surface area contributed by atoms with E-state index in [1.165, 1.54) is 0 Å². The molecule has 2 rings (SSSR count). The second-order valence-corrected chi connectivity index (χ2v) is 3.90. The highest BCUT2D eigenvalue weighted by Crippen LogP contribution is 2.26. The van der Waals surface area contributed by atoms with E-state index in [2.05, 4.69) is 27.9 Å². The summed E-state index contributed by atoms with van der Waals surface area (Å²) in [5.74, 6) is 1.16. The van der Waals surface area contributed by atoms with Gasteiger partial charge in [-0.3, -0.25) is 0 Å². The summed E-state index contributed by atoms with van der Waals surface area (Å²) in [6.45, 7) is 2.14. The monoisotopic (exact) mass is 226 g/mol. The van der Waals surface area contributed by atoms with Crippen LogP contribution in [0, 0.1) is 11.3 Å². The van der Waals surface area contributed by atoms with Crippen LogP contribution in [-0.4, -0.2) is 15.0 Å². The molecule has 1 atom stereocenters. The van der Waals surface area contributed by atoms with Gasteiger partial charge in [-0.2, -0.15) is 5.26 Å². The molecule has 0 bridgehead atoms. The second kappa shape index (κ2) is 5.26. The van der Waals surface area contributed by atoms with Crippen LogP contribution < -0.4 is 0 Å². The van der Waals surface area contributed by atoms with Gasteiger partial charge in [0, 0.05) is 24.5 Å². The molecule has 4 heteroatoms. The molecule has 0 fully saturated rings. The molecule has 86 valence electrons. The molecule has 0 aliphatic heterocycles. The maximum Gasteiger partial charge on any atom is 0.140 e. The van der Waals surface area contributed by atoms with Gasteiger partial charge in [0.1, 0.15) is 17.6 Å². The lowest BCUT2D eigenvalue weighted by molar-refractivity contribution is 0.665. The van der Waals surface area contributed by atoms with Crippen LogP contribution in [0.2, 0.25) is 0 Å². The predicted molar refractivity (Wildman–Crippen MR) is 64.3 cm³/mol. The number of nitrogens with one attached hydrogen (secondary N) is 1. The van der Waals surface area contributed by atoms with Crippen molar-refractivity contribution in [2.75, 3.05) is 0 Å². The molecule has 4 nitrogen and oxygen atoms in total. The first-order chi connectivity index (χ1) is 8.35. The third-order valence-corrected chi connectivity index (χ3v) is 2.73. The molecule has 1 unspecified atom stereocenters. The molecule has 0 aliphatic carbocycles. The number of nitriles is 1. The second-order valence-electron chi connectivity index (χ2n) is 3.90. The van der Waals surface area contributed by atoms with Gasteiger partial charge in [0.25, 0.3) is 0 Å². The van der Waals surface area contributed by atoms with Gasteiger partial charge in [0.2, 0.25) is 0 Å². The first-order valence-electron chi connectivity index (χ1n) is 5.70. The minimum atomic E-state index is 0.213. The molecule has 2 heterocycles. The number of pyridine rings is 1. The van der Waals surface area contributed by atoms with Crippen molar-refractivity contribution >= 4 is 0 Å². The molecular weight excluding hydrogens is 212 g/mol. The third-order valence-electron chi connectivity index (χ3n) is 2.73. The maximum atomic E-state index is 8.87. The molecule has 0 spiro atoms. The molecule has 0 saturated heterocycles. The summed E-state index contributed by atoms with van der Waals surface area (Å²) in [6.07, 6.45) is 7.33. The van der Waals surface area contributed by atoms with Crippen LogP contribution >= 0.6 is 0 Å². The van der Waals surface area contributed by atoms with E-state index in [-0.39, 0.29) is 5.92 Å². The quantitative estimate of drug-likeness (QED) is 0.871. The van der Waals surface area contributed by atoms with Crippen molar-refractivity contribution in [3.05, 3.63) is 47.8 Å². The fraction of sp³-hybridized carbons (Fsp3) is 0.308. The van der Waals surface area contributed by atoms with Crippen LogP contribution in [-0.2, 0) is 0 Å². The van der Waals surface area contributed by atoms with Crippen LogP contribution in [0.5, 0.6) is 0 Å². The highest BCUT2D eigenvalue weighted by Gasteiger charge is 2.16. The molecule has 0 amide bonds. The molecule has 17 heavy (non-hydrogen) atoms. The van der Waals surface area contributed by atoms with E-state index >= 15 is 0 Å². The van der Waals surface area contributed by atoms with Crippen molar-refractivity contribution in [1.29, 1.82) is 5.26 Å². The van der Waals surface area contributed by atoms with E-state index in [9.17, 15) is 0 Å². The summed E-state index contributed by atoms with van der Waals surface area (Å²) < 4.78 is 0. The van der Waals surface area contributed by atoms with E-state index in [0.29, 0.717) is 5.69 Å². The summed E-state index contributed by atoms with van der Waals surface area (Å²) in [5.41, 5.74) is 1.54. The molecule has 0 aliphatic rings. The Morgan fingerprint density at radius 1 is 1.41 bits per heavy atom. The van der Waals surface area contributed by atoms with Crippen molar-refractivity contribution in [3.8, 4) is 6.07 Å². The number of rotatable bonds is 4. The average Bonchev–Trinajstić information content (AvgIpc) is 2.89. The molecule has 0 radical (unpaired) electrons. The van der Waals surface area contributed by atoms with Crippen molar-refractivity contribution in [2.45, 2.75) is 25.7 Å². The van der Waals surface area contributed by atoms with Crippen LogP contribution in [0.3, 0.4) is 0 Å². The van der Waals surface area contributed by atoms with Gasteiger partial charge in [-0.25, -0.2) is 9.97 Å². The van der Waals surface area contributed by atoms with E-state index in [1.807, 2.05) is 18.3 Å². The van der Waals surface area contributed by atoms with Crippen LogP contribution in [0.25, 0.3) is 0 Å². The first-order valence-corrected chi connectivity index (χ1v) is 5.70. The number of nitrogens with zero attached hydrogens (tertiary/aromatic N) is 3. The topological polar surface area (TPSA) is 65.4 Å². The van der Waals surface area contributed by atoms with Gasteiger partial charge < -0.3 is 4.98 Å². The van der Waals surface area contributed by atoms with E-state index < -0.39 is 0 Å². The van der Waals surface area contributed by atoms with Gasteiger partial charge in [-0.1, -0.05) is 13.3 Å². The number of aromatic amines is 1. The number of aromatic nitrogens is 3. The SMILES string of the molecule is CCCC(c1ccnc(C#N)c1)c1ncc[nH]1. The smallest absolute Gasteiger partial charge is 0.140 e. The minimum Gasteiger partial charge on any atom is -0.348 e. The van der Waals surface area contributed by atoms with Crippen molar-refractivity contribution in [1.82, 2.24) is 15.0 Å². The van der Waals surface area contributed by atoms with Crippen LogP contribution in [0.4, 0.5) is 0 Å². The highest BCUT2D eigenvalue weighted by atomic mass is 14.9. The first kappa shape index (κ1) is 11.3. The largest absolute Gasteiger partial charge is 0.348 e. The molecule has 1 N–H and O–H groups in total. The van der Waals surface area contributed by atoms with Crippen molar-refractivity contribution in [3.63, 3.8) is 0 Å². The molecule has 0 saturated carbocycles. The normalized spacial score (nSPS) is 12.0. The lowest BCUT2D eigenvalue weighted by atomic mass is 9.94. The predicted octanol–water partition coefficient (Wildman–Crippen LogP) is 2.61. The maximum absolute atomic E-state index is 8.87. The fourth-order valence-electron chi connectivity index (χ4n) is 1.94. The zero-order valence-electron chi connectivity index (χ0n) is 9.72. The van der Waals surface area contributed by atoms with Gasteiger partial charge in [0.05, 0.1) is 0 Å². The number of hydrogen-bond acceptors (Lipinski definition) is 3. The van der Waals surface area contributed by atoms with Crippen molar-refractivity contribution < 1.29 is 0 Å². The standard InChI is InChI=1S/C13H14N4/c1-2-3-12(13-16-6-7-17-13)10-4-5-15-11(8-10)9-14/h4-8,12H,2-3H2,1H3,(H,16,17). The molecular formula is C13H14N4. The van der Waals surface area contributed by atoms with Gasteiger partial charge in [-0.05, 0) is 24.1 Å². The van der Waals surface area contributed by atoms with E-state index in [0.717, 1.165) is 24.2 Å². The summed E-state index contributed by atoms with van der Waals surface area (Å²) in [7, 11) is 0.